The van der Waals surface area contributed by atoms with Crippen molar-refractivity contribution in [3.05, 3.63) is 77.9 Å². The number of aryl methyl sites for hydroxylation is 1. The lowest BCUT2D eigenvalue weighted by Crippen LogP contribution is -2.48. The molecule has 1 aliphatic rings. The second-order valence-electron chi connectivity index (χ2n) is 11.4. The first-order valence-electron chi connectivity index (χ1n) is 13.3. The van der Waals surface area contributed by atoms with E-state index in [2.05, 4.69) is 29.9 Å². The summed E-state index contributed by atoms with van der Waals surface area (Å²) in [5.41, 5.74) is -0.624. The maximum Gasteiger partial charge on any atom is 0.327 e. The van der Waals surface area contributed by atoms with Gasteiger partial charge in [0.25, 0.3) is 5.91 Å². The van der Waals surface area contributed by atoms with Crippen molar-refractivity contribution in [1.82, 2.24) is 19.8 Å². The summed E-state index contributed by atoms with van der Waals surface area (Å²) in [5, 5.41) is 14.7. The number of benzene rings is 2. The number of aromatic nitrogens is 2. The van der Waals surface area contributed by atoms with E-state index in [-0.39, 0.29) is 31.1 Å². The molecule has 12 heteroatoms. The van der Waals surface area contributed by atoms with Crippen LogP contribution in [-0.4, -0.2) is 52.9 Å². The van der Waals surface area contributed by atoms with Gasteiger partial charge in [0.2, 0.25) is 0 Å². The zero-order chi connectivity index (χ0) is 29.4. The van der Waals surface area contributed by atoms with Crippen LogP contribution in [0.5, 0.6) is 11.6 Å². The van der Waals surface area contributed by atoms with Gasteiger partial charge in [-0.2, -0.15) is 0 Å². The molecule has 1 saturated heterocycles. The van der Waals surface area contributed by atoms with E-state index in [1.807, 2.05) is 0 Å². The van der Waals surface area contributed by atoms with Gasteiger partial charge in [-0.05, 0) is 37.2 Å². The van der Waals surface area contributed by atoms with Crippen LogP contribution in [-0.2, 0) is 28.2 Å². The van der Waals surface area contributed by atoms with Gasteiger partial charge in [0.15, 0.2) is 23.6 Å². The predicted octanol–water partition coefficient (Wildman–Crippen LogP) is 5.12. The lowest BCUT2D eigenvalue weighted by atomic mass is 9.88. The highest BCUT2D eigenvalue weighted by atomic mass is 28.3. The molecule has 1 unspecified atom stereocenters. The number of urea groups is 1. The number of rotatable bonds is 11. The molecule has 0 aliphatic carbocycles. The van der Waals surface area contributed by atoms with Crippen LogP contribution in [0.2, 0.25) is 25.7 Å². The monoisotopic (exact) mass is 580 g/mol. The maximum absolute atomic E-state index is 14.2. The highest BCUT2D eigenvalue weighted by Gasteiger charge is 2.54. The molecule has 0 saturated carbocycles. The van der Waals surface area contributed by atoms with E-state index in [0.29, 0.717) is 34.8 Å². The van der Waals surface area contributed by atoms with Crippen LogP contribution in [0.1, 0.15) is 17.0 Å². The molecule has 2 aromatic heterocycles. The molecule has 5 rings (SSSR count). The lowest BCUT2D eigenvalue weighted by molar-refractivity contribution is -0.135. The topological polar surface area (TPSA) is 119 Å². The van der Waals surface area contributed by atoms with E-state index in [1.165, 1.54) is 29.2 Å². The number of halogens is 1. The van der Waals surface area contributed by atoms with E-state index < -0.39 is 31.4 Å². The number of carbonyl (C=O) groups is 2. The SMILES string of the molecule is Cc1ncoc1COc1ccccc1C1(Cn2cc3ccc(F)cc3c2O)NC(=O)N(COCC[Si](C)(C)C)C1=O. The number of amides is 3. The van der Waals surface area contributed by atoms with Crippen LogP contribution < -0.4 is 10.1 Å². The Balaban J connectivity index is 1.52. The van der Waals surface area contributed by atoms with Crippen LogP contribution in [0.3, 0.4) is 0 Å². The van der Waals surface area contributed by atoms with Crippen molar-refractivity contribution in [2.24, 2.45) is 0 Å². The third-order valence-electron chi connectivity index (χ3n) is 7.17. The summed E-state index contributed by atoms with van der Waals surface area (Å²) in [5.74, 6) is -0.453. The second kappa shape index (κ2) is 11.0. The van der Waals surface area contributed by atoms with Gasteiger partial charge in [-0.3, -0.25) is 4.79 Å². The minimum absolute atomic E-state index is 0.0442. The fourth-order valence-corrected chi connectivity index (χ4v) is 5.56. The minimum atomic E-state index is -1.67. The molecule has 41 heavy (non-hydrogen) atoms. The van der Waals surface area contributed by atoms with Crippen LogP contribution in [0.4, 0.5) is 9.18 Å². The van der Waals surface area contributed by atoms with Crippen LogP contribution in [0.15, 0.2) is 59.5 Å². The number of hydrogen-bond acceptors (Lipinski definition) is 7. The fraction of sp³-hybridized carbons (Fsp3) is 0.345. The molecule has 0 bridgehead atoms. The minimum Gasteiger partial charge on any atom is -0.494 e. The van der Waals surface area contributed by atoms with Gasteiger partial charge in [0.05, 0.1) is 12.2 Å². The smallest absolute Gasteiger partial charge is 0.327 e. The van der Waals surface area contributed by atoms with E-state index in [4.69, 9.17) is 13.9 Å². The molecular weight excluding hydrogens is 547 g/mol. The summed E-state index contributed by atoms with van der Waals surface area (Å²) in [4.78, 5) is 32.6. The average Bonchev–Trinajstić information content (AvgIpc) is 3.54. The Kier molecular flexibility index (Phi) is 7.62. The van der Waals surface area contributed by atoms with Crippen LogP contribution >= 0.6 is 0 Å². The summed E-state index contributed by atoms with van der Waals surface area (Å²) < 4.78 is 32.7. The van der Waals surface area contributed by atoms with Gasteiger partial charge in [0.1, 0.15) is 24.9 Å². The van der Waals surface area contributed by atoms with E-state index in [9.17, 15) is 19.1 Å². The molecule has 10 nitrogen and oxygen atoms in total. The fourth-order valence-electron chi connectivity index (χ4n) is 4.80. The Bertz CT molecular complexity index is 1600. The molecule has 216 valence electrons. The Labute approximate surface area is 237 Å². The molecule has 4 aromatic rings. The largest absolute Gasteiger partial charge is 0.494 e. The van der Waals surface area contributed by atoms with Gasteiger partial charge >= 0.3 is 6.03 Å². The molecule has 1 fully saturated rings. The Morgan fingerprint density at radius 3 is 2.68 bits per heavy atom. The number of oxazole rings is 1. The number of nitrogens with zero attached hydrogens (tertiary/aromatic N) is 3. The number of nitrogens with one attached hydrogen (secondary N) is 1. The summed E-state index contributed by atoms with van der Waals surface area (Å²) in [6.45, 7) is 8.49. The highest BCUT2D eigenvalue weighted by Crippen LogP contribution is 2.39. The van der Waals surface area contributed by atoms with Gasteiger partial charge in [-0.1, -0.05) is 37.8 Å². The number of fused-ring (bicyclic) bond motifs is 1. The first-order chi connectivity index (χ1) is 19.5. The Hall–Kier alpha value is -4.16. The standard InChI is InChI=1S/C29H33FN4O6Si/c1-19-25(40-17-31-19)15-39-24-8-6-5-7-23(24)29(16-33-14-20-9-10-21(30)13-22(20)26(33)35)27(36)34(28(37)32-29)18-38-11-12-41(2,3)4/h5-10,13-14,17,35H,11-12,15-16,18H2,1-4H3,(H,32,37). The summed E-state index contributed by atoms with van der Waals surface area (Å²) in [7, 11) is -1.39. The molecule has 1 atom stereocenters. The quantitative estimate of drug-likeness (QED) is 0.144. The van der Waals surface area contributed by atoms with Crippen molar-refractivity contribution in [3.63, 3.8) is 0 Å². The molecule has 3 heterocycles. The van der Waals surface area contributed by atoms with E-state index in [0.717, 1.165) is 10.9 Å². The molecule has 0 radical (unpaired) electrons. The number of carbonyl (C=O) groups excluding carboxylic acids is 2. The number of imide groups is 1. The summed E-state index contributed by atoms with van der Waals surface area (Å²) in [6.07, 6.45) is 2.93. The number of hydrogen-bond donors (Lipinski definition) is 2. The van der Waals surface area contributed by atoms with Crippen molar-refractivity contribution in [2.75, 3.05) is 13.3 Å². The third kappa shape index (κ3) is 5.70. The van der Waals surface area contributed by atoms with Crippen molar-refractivity contribution in [3.8, 4) is 11.6 Å². The van der Waals surface area contributed by atoms with Gasteiger partial charge in [-0.15, -0.1) is 0 Å². The van der Waals surface area contributed by atoms with E-state index >= 15 is 0 Å². The number of aromatic hydroxyl groups is 1. The molecule has 3 amide bonds. The lowest BCUT2D eigenvalue weighted by Gasteiger charge is -2.30. The number of ether oxygens (including phenoxy) is 2. The average molecular weight is 581 g/mol. The van der Waals surface area contributed by atoms with Gasteiger partial charge in [-0.25, -0.2) is 19.1 Å². The first-order valence-corrected chi connectivity index (χ1v) is 17.0. The first kappa shape index (κ1) is 28.4. The summed E-state index contributed by atoms with van der Waals surface area (Å²) in [6, 6.07) is 11.2. The van der Waals surface area contributed by atoms with Gasteiger partial charge in [0, 0.05) is 37.2 Å². The molecule has 1 aliphatic heterocycles. The van der Waals surface area contributed by atoms with Crippen molar-refractivity contribution in [2.45, 2.75) is 51.3 Å². The second-order valence-corrected chi connectivity index (χ2v) is 17.0. The van der Waals surface area contributed by atoms with Crippen LogP contribution in [0.25, 0.3) is 10.8 Å². The molecule has 0 spiro atoms. The zero-order valence-corrected chi connectivity index (χ0v) is 24.4. The Morgan fingerprint density at radius 1 is 1.17 bits per heavy atom. The zero-order valence-electron chi connectivity index (χ0n) is 23.4. The third-order valence-corrected chi connectivity index (χ3v) is 8.88. The summed E-state index contributed by atoms with van der Waals surface area (Å²) >= 11 is 0. The molecule has 2 aromatic carbocycles. The normalized spacial score (nSPS) is 17.4. The Morgan fingerprint density at radius 2 is 1.95 bits per heavy atom. The van der Waals surface area contributed by atoms with E-state index in [1.54, 1.807) is 37.4 Å². The van der Waals surface area contributed by atoms with Crippen molar-refractivity contribution < 1.29 is 33.0 Å². The highest BCUT2D eigenvalue weighted by molar-refractivity contribution is 6.76. The van der Waals surface area contributed by atoms with Gasteiger partial charge < -0.3 is 28.9 Å². The van der Waals surface area contributed by atoms with Crippen molar-refractivity contribution >= 4 is 30.8 Å². The predicted molar refractivity (Wildman–Crippen MR) is 152 cm³/mol. The molecular formula is C29H33FN4O6Si. The van der Waals surface area contributed by atoms with Crippen molar-refractivity contribution in [1.29, 1.82) is 0 Å². The molecule has 2 N–H and O–H groups in total. The van der Waals surface area contributed by atoms with Crippen LogP contribution in [0, 0.1) is 12.7 Å². The maximum atomic E-state index is 14.2. The number of para-hydroxylation sites is 1.